The molecule has 0 unspecified atom stereocenters. The third-order valence-corrected chi connectivity index (χ3v) is 4.88. The van der Waals surface area contributed by atoms with Crippen LogP contribution in [0.25, 0.3) is 0 Å². The van der Waals surface area contributed by atoms with Crippen molar-refractivity contribution in [1.29, 1.82) is 0 Å². The Labute approximate surface area is 157 Å². The Morgan fingerprint density at radius 2 is 2.12 bits per heavy atom. The van der Waals surface area contributed by atoms with Gasteiger partial charge in [-0.3, -0.25) is 0 Å². The monoisotopic (exact) mass is 379 g/mol. The van der Waals surface area contributed by atoms with E-state index < -0.39 is 0 Å². The van der Waals surface area contributed by atoms with Gasteiger partial charge >= 0.3 is 12.0 Å². The van der Waals surface area contributed by atoms with E-state index >= 15 is 0 Å². The number of quaternary nitrogens is 1. The number of urea groups is 1. The van der Waals surface area contributed by atoms with Gasteiger partial charge in [0, 0.05) is 10.7 Å². The number of rotatable bonds is 5. The number of carbonyl (C=O) groups excluding carboxylic acids is 2. The summed E-state index contributed by atoms with van der Waals surface area (Å²) in [5, 5.41) is 6.15. The van der Waals surface area contributed by atoms with Crippen molar-refractivity contribution in [3.05, 3.63) is 40.6 Å². The number of benzene rings is 1. The SMILES string of the molecule is CCOC(=O)C1=C(C[NH+]2CCN(c3cccc(Cl)c3)CC2)NC(=O)NC1. The van der Waals surface area contributed by atoms with Crippen LogP contribution >= 0.6 is 11.6 Å². The van der Waals surface area contributed by atoms with Crippen molar-refractivity contribution >= 4 is 29.3 Å². The van der Waals surface area contributed by atoms with Gasteiger partial charge in [0.1, 0.15) is 6.54 Å². The summed E-state index contributed by atoms with van der Waals surface area (Å²) in [5.41, 5.74) is 2.30. The molecule has 2 aliphatic rings. The van der Waals surface area contributed by atoms with Gasteiger partial charge in [0.2, 0.25) is 0 Å². The third kappa shape index (κ3) is 4.47. The van der Waals surface area contributed by atoms with Crippen LogP contribution in [0.15, 0.2) is 35.5 Å². The van der Waals surface area contributed by atoms with Crippen LogP contribution in [0.5, 0.6) is 0 Å². The first-order valence-electron chi connectivity index (χ1n) is 8.85. The molecular formula is C18H24ClN4O3+. The zero-order chi connectivity index (χ0) is 18.5. The quantitative estimate of drug-likeness (QED) is 0.638. The van der Waals surface area contributed by atoms with Gasteiger partial charge in [-0.05, 0) is 25.1 Å². The molecule has 3 N–H and O–H groups in total. The lowest BCUT2D eigenvalue weighted by molar-refractivity contribution is -0.896. The fourth-order valence-electron chi connectivity index (χ4n) is 3.28. The highest BCUT2D eigenvalue weighted by atomic mass is 35.5. The minimum atomic E-state index is -0.369. The highest BCUT2D eigenvalue weighted by Crippen LogP contribution is 2.19. The lowest BCUT2D eigenvalue weighted by Crippen LogP contribution is -3.15. The number of amides is 2. The zero-order valence-electron chi connectivity index (χ0n) is 14.8. The summed E-state index contributed by atoms with van der Waals surface area (Å²) in [6.07, 6.45) is 0. The maximum Gasteiger partial charge on any atom is 0.337 e. The zero-order valence-corrected chi connectivity index (χ0v) is 15.6. The number of carbonyl (C=O) groups is 2. The highest BCUT2D eigenvalue weighted by Gasteiger charge is 2.28. The summed E-state index contributed by atoms with van der Waals surface area (Å²) in [6.45, 7) is 6.51. The summed E-state index contributed by atoms with van der Waals surface area (Å²) in [7, 11) is 0. The fraction of sp³-hybridized carbons (Fsp3) is 0.444. The maximum atomic E-state index is 12.1. The van der Waals surface area contributed by atoms with Crippen molar-refractivity contribution in [2.24, 2.45) is 0 Å². The molecule has 2 aliphatic heterocycles. The third-order valence-electron chi connectivity index (χ3n) is 4.65. The summed E-state index contributed by atoms with van der Waals surface area (Å²) >= 11 is 6.08. The molecule has 1 saturated heterocycles. The van der Waals surface area contributed by atoms with Crippen molar-refractivity contribution in [3.63, 3.8) is 0 Å². The van der Waals surface area contributed by atoms with E-state index in [0.717, 1.165) is 36.9 Å². The molecule has 0 aromatic heterocycles. The second-order valence-electron chi connectivity index (χ2n) is 6.38. The van der Waals surface area contributed by atoms with Crippen LogP contribution in [-0.4, -0.2) is 57.9 Å². The Hall–Kier alpha value is -2.25. The van der Waals surface area contributed by atoms with Gasteiger partial charge in [0.15, 0.2) is 0 Å². The highest BCUT2D eigenvalue weighted by molar-refractivity contribution is 6.30. The van der Waals surface area contributed by atoms with Gasteiger partial charge < -0.3 is 25.2 Å². The van der Waals surface area contributed by atoms with Gasteiger partial charge in [-0.25, -0.2) is 9.59 Å². The van der Waals surface area contributed by atoms with Crippen molar-refractivity contribution in [2.45, 2.75) is 6.92 Å². The number of piperazine rings is 1. The molecule has 2 amide bonds. The van der Waals surface area contributed by atoms with E-state index in [1.54, 1.807) is 6.92 Å². The van der Waals surface area contributed by atoms with Crippen LogP contribution < -0.4 is 20.4 Å². The van der Waals surface area contributed by atoms with Crippen molar-refractivity contribution in [1.82, 2.24) is 10.6 Å². The normalized spacial score (nSPS) is 18.4. The Balaban J connectivity index is 1.63. The number of hydrogen-bond acceptors (Lipinski definition) is 4. The lowest BCUT2D eigenvalue weighted by Gasteiger charge is -2.34. The minimum absolute atomic E-state index is 0.210. The Kier molecular flexibility index (Phi) is 6.00. The Bertz CT molecular complexity index is 714. The standard InChI is InChI=1S/C18H23ClN4O3/c1-2-26-17(24)15-11-20-18(25)21-16(15)12-22-6-8-23(9-7-22)14-5-3-4-13(19)10-14/h3-5,10H,2,6-9,11-12H2,1H3,(H2,20,21,25)/p+1. The number of halogens is 1. The molecule has 26 heavy (non-hydrogen) atoms. The van der Waals surface area contributed by atoms with Gasteiger partial charge in [-0.15, -0.1) is 0 Å². The predicted octanol–water partition coefficient (Wildman–Crippen LogP) is 0.175. The van der Waals surface area contributed by atoms with Crippen LogP contribution in [0, 0.1) is 0 Å². The summed E-state index contributed by atoms with van der Waals surface area (Å²) < 4.78 is 5.10. The number of hydrogen-bond donors (Lipinski definition) is 3. The second-order valence-corrected chi connectivity index (χ2v) is 6.82. The first-order chi connectivity index (χ1) is 12.6. The van der Waals surface area contributed by atoms with E-state index in [0.29, 0.717) is 24.4 Å². The summed E-state index contributed by atoms with van der Waals surface area (Å²) in [5.74, 6) is -0.369. The maximum absolute atomic E-state index is 12.1. The molecule has 3 rings (SSSR count). The topological polar surface area (TPSA) is 75.1 Å². The Morgan fingerprint density at radius 1 is 1.35 bits per heavy atom. The average molecular weight is 380 g/mol. The van der Waals surface area contributed by atoms with Gasteiger partial charge in [-0.2, -0.15) is 0 Å². The van der Waals surface area contributed by atoms with Gasteiger partial charge in [0.05, 0.1) is 50.6 Å². The van der Waals surface area contributed by atoms with Crippen LogP contribution in [-0.2, 0) is 9.53 Å². The number of nitrogens with zero attached hydrogens (tertiary/aromatic N) is 1. The number of anilines is 1. The van der Waals surface area contributed by atoms with Crippen molar-refractivity contribution < 1.29 is 19.2 Å². The predicted molar refractivity (Wildman–Crippen MR) is 99.4 cm³/mol. The molecule has 8 heteroatoms. The first kappa shape index (κ1) is 18.5. The van der Waals surface area contributed by atoms with E-state index in [2.05, 4.69) is 21.6 Å². The molecule has 0 saturated carbocycles. The fourth-order valence-corrected chi connectivity index (χ4v) is 3.46. The first-order valence-corrected chi connectivity index (χ1v) is 9.22. The molecule has 2 heterocycles. The molecule has 0 atom stereocenters. The second kappa shape index (κ2) is 8.42. The van der Waals surface area contributed by atoms with E-state index in [9.17, 15) is 9.59 Å². The van der Waals surface area contributed by atoms with Crippen LogP contribution in [0.1, 0.15) is 6.92 Å². The number of nitrogens with one attached hydrogen (secondary N) is 3. The lowest BCUT2D eigenvalue weighted by atomic mass is 10.1. The molecule has 0 aliphatic carbocycles. The molecule has 0 spiro atoms. The van der Waals surface area contributed by atoms with E-state index in [1.807, 2.05) is 18.2 Å². The number of esters is 1. The molecule has 7 nitrogen and oxygen atoms in total. The molecule has 1 aromatic carbocycles. The van der Waals surface area contributed by atoms with Gasteiger partial charge in [-0.1, -0.05) is 17.7 Å². The molecule has 0 radical (unpaired) electrons. The minimum Gasteiger partial charge on any atom is -0.463 e. The molecular weight excluding hydrogens is 356 g/mol. The largest absolute Gasteiger partial charge is 0.463 e. The molecule has 140 valence electrons. The van der Waals surface area contributed by atoms with Crippen LogP contribution in [0.2, 0.25) is 5.02 Å². The van der Waals surface area contributed by atoms with Gasteiger partial charge in [0.25, 0.3) is 0 Å². The van der Waals surface area contributed by atoms with Crippen molar-refractivity contribution in [3.8, 4) is 0 Å². The average Bonchev–Trinajstić information content (AvgIpc) is 2.62. The summed E-state index contributed by atoms with van der Waals surface area (Å²) in [4.78, 5) is 27.4. The summed E-state index contributed by atoms with van der Waals surface area (Å²) in [6, 6.07) is 7.59. The van der Waals surface area contributed by atoms with E-state index in [4.69, 9.17) is 16.3 Å². The number of ether oxygens (including phenoxy) is 1. The van der Waals surface area contributed by atoms with Crippen LogP contribution in [0.3, 0.4) is 0 Å². The van der Waals surface area contributed by atoms with E-state index in [-0.39, 0.29) is 18.5 Å². The molecule has 1 aromatic rings. The van der Waals surface area contributed by atoms with Crippen LogP contribution in [0.4, 0.5) is 10.5 Å². The molecule has 0 bridgehead atoms. The smallest absolute Gasteiger partial charge is 0.337 e. The van der Waals surface area contributed by atoms with Crippen molar-refractivity contribution in [2.75, 3.05) is 50.8 Å². The Morgan fingerprint density at radius 3 is 2.81 bits per heavy atom. The van der Waals surface area contributed by atoms with E-state index in [1.165, 1.54) is 4.90 Å². The molecule has 1 fully saturated rings.